The Morgan fingerprint density at radius 3 is 2.21 bits per heavy atom. The Morgan fingerprint density at radius 1 is 1.14 bits per heavy atom. The van der Waals surface area contributed by atoms with Gasteiger partial charge in [-0.05, 0) is 39.3 Å². The summed E-state index contributed by atoms with van der Waals surface area (Å²) in [6.07, 6.45) is -0.437. The first-order valence-electron chi connectivity index (χ1n) is 8.76. The summed E-state index contributed by atoms with van der Waals surface area (Å²) in [5, 5.41) is 19.9. The van der Waals surface area contributed by atoms with E-state index in [9.17, 15) is 24.6 Å². The Labute approximate surface area is 167 Å². The summed E-state index contributed by atoms with van der Waals surface area (Å²) in [6.45, 7) is 6.77. The van der Waals surface area contributed by atoms with Gasteiger partial charge in [0.2, 0.25) is 0 Å². The molecule has 2 rings (SSSR count). The van der Waals surface area contributed by atoms with Crippen molar-refractivity contribution in [3.8, 4) is 0 Å². The molecule has 1 atom stereocenters. The van der Waals surface area contributed by atoms with Crippen molar-refractivity contribution in [1.82, 2.24) is 4.90 Å². The molecule has 1 aromatic rings. The van der Waals surface area contributed by atoms with Crippen LogP contribution in [0.1, 0.15) is 39.2 Å². The molecule has 0 fully saturated rings. The van der Waals surface area contributed by atoms with Crippen molar-refractivity contribution in [3.05, 3.63) is 57.4 Å². The summed E-state index contributed by atoms with van der Waals surface area (Å²) in [5.41, 5.74) is -0.111. The molecule has 2 N–H and O–H groups in total. The Balaban J connectivity index is 2.89. The largest absolute Gasteiger partial charge is 0.478 e. The molecule has 0 spiro atoms. The molecule has 150 valence electrons. The summed E-state index contributed by atoms with van der Waals surface area (Å²) in [6, 6.07) is 6.45. The molecule has 0 saturated heterocycles. The molecule has 0 bridgehead atoms. The fourth-order valence-corrected chi connectivity index (χ4v) is 3.61. The number of ether oxygens (including phenoxy) is 1. The summed E-state index contributed by atoms with van der Waals surface area (Å²) in [5.74, 6) is -4.72. The molecule has 0 saturated carbocycles. The van der Waals surface area contributed by atoms with Crippen LogP contribution in [0.2, 0.25) is 5.02 Å². The summed E-state index contributed by atoms with van der Waals surface area (Å²) in [4.78, 5) is 38.3. The van der Waals surface area contributed by atoms with E-state index in [-0.39, 0.29) is 17.1 Å². The number of allylic oxidation sites excluding steroid dienone is 1. The predicted octanol–water partition coefficient (Wildman–Crippen LogP) is 3.41. The lowest BCUT2D eigenvalue weighted by Gasteiger charge is -2.36. The fourth-order valence-electron chi connectivity index (χ4n) is 3.36. The van der Waals surface area contributed by atoms with Crippen LogP contribution < -0.4 is 0 Å². The van der Waals surface area contributed by atoms with Gasteiger partial charge in [0.15, 0.2) is 0 Å². The number of nitrogens with zero attached hydrogens (tertiary/aromatic N) is 1. The van der Waals surface area contributed by atoms with Crippen LogP contribution in [0.25, 0.3) is 0 Å². The van der Waals surface area contributed by atoms with Crippen molar-refractivity contribution in [1.29, 1.82) is 0 Å². The first-order chi connectivity index (χ1) is 13.1. The molecule has 8 heteroatoms. The molecule has 0 radical (unpaired) electrons. The van der Waals surface area contributed by atoms with E-state index in [1.807, 2.05) is 0 Å². The summed E-state index contributed by atoms with van der Waals surface area (Å²) >= 11 is 6.30. The van der Waals surface area contributed by atoms with Crippen LogP contribution >= 0.6 is 11.6 Å². The third-order valence-corrected chi connectivity index (χ3v) is 4.77. The Hall–Kier alpha value is -2.80. The van der Waals surface area contributed by atoms with Crippen molar-refractivity contribution in [2.45, 2.75) is 39.7 Å². The Morgan fingerprint density at radius 2 is 1.75 bits per heavy atom. The number of benzene rings is 1. The monoisotopic (exact) mass is 407 g/mol. The third kappa shape index (κ3) is 3.89. The minimum absolute atomic E-state index is 0.0612. The smallest absolute Gasteiger partial charge is 0.353 e. The molecular weight excluding hydrogens is 386 g/mol. The zero-order valence-corrected chi connectivity index (χ0v) is 16.8. The van der Waals surface area contributed by atoms with Crippen LogP contribution in [0.4, 0.5) is 0 Å². The molecule has 0 amide bonds. The number of hydrogen-bond acceptors (Lipinski definition) is 5. The normalized spacial score (nSPS) is 17.2. The highest BCUT2D eigenvalue weighted by Crippen LogP contribution is 2.44. The van der Waals surface area contributed by atoms with E-state index in [1.165, 1.54) is 4.90 Å². The molecular formula is C20H22ClNO6. The first-order valence-corrected chi connectivity index (χ1v) is 9.13. The second kappa shape index (κ2) is 8.48. The average Bonchev–Trinajstić information content (AvgIpc) is 2.59. The standard InChI is InChI=1S/C20H22ClNO6/c1-5-22-11(4)14(20(27)28-10(2)3)15(12-8-6-7-9-13(12)21)16(18(23)24)17(22)19(25)26/h6-10,15H,5H2,1-4H3,(H,23,24)(H,25,26)/t15-/m0/s1. The number of carbonyl (C=O) groups is 3. The van der Waals surface area contributed by atoms with E-state index >= 15 is 0 Å². The number of carboxylic acids is 2. The number of rotatable bonds is 6. The van der Waals surface area contributed by atoms with Crippen molar-refractivity contribution in [2.24, 2.45) is 0 Å². The number of hydrogen-bond donors (Lipinski definition) is 2. The van der Waals surface area contributed by atoms with Gasteiger partial charge in [0, 0.05) is 17.3 Å². The summed E-state index contributed by atoms with van der Waals surface area (Å²) < 4.78 is 5.34. The van der Waals surface area contributed by atoms with Gasteiger partial charge in [0.25, 0.3) is 0 Å². The van der Waals surface area contributed by atoms with E-state index < -0.39 is 41.2 Å². The maximum atomic E-state index is 12.9. The molecule has 1 aliphatic heterocycles. The molecule has 0 aromatic heterocycles. The van der Waals surface area contributed by atoms with Gasteiger partial charge in [0.05, 0.1) is 23.2 Å². The highest BCUT2D eigenvalue weighted by Gasteiger charge is 2.43. The van der Waals surface area contributed by atoms with Crippen molar-refractivity contribution in [2.75, 3.05) is 6.54 Å². The van der Waals surface area contributed by atoms with Crippen LogP contribution in [-0.2, 0) is 19.1 Å². The highest BCUT2D eigenvalue weighted by atomic mass is 35.5. The van der Waals surface area contributed by atoms with Gasteiger partial charge in [-0.3, -0.25) is 0 Å². The number of aliphatic carboxylic acids is 2. The second-order valence-corrected chi connectivity index (χ2v) is 6.93. The molecule has 0 unspecified atom stereocenters. The fraction of sp³-hybridized carbons (Fsp3) is 0.350. The molecule has 1 heterocycles. The van der Waals surface area contributed by atoms with Crippen LogP contribution in [-0.4, -0.2) is 45.7 Å². The van der Waals surface area contributed by atoms with Gasteiger partial charge in [-0.25, -0.2) is 14.4 Å². The SMILES string of the molecule is CCN1C(C)=C(C(=O)OC(C)C)[C@H](c2ccccc2Cl)C(C(=O)O)=C1C(=O)O. The van der Waals surface area contributed by atoms with E-state index in [4.69, 9.17) is 16.3 Å². The van der Waals surface area contributed by atoms with Gasteiger partial charge >= 0.3 is 17.9 Å². The number of carboxylic acid groups (broad SMARTS) is 2. The van der Waals surface area contributed by atoms with Crippen molar-refractivity contribution >= 4 is 29.5 Å². The molecule has 28 heavy (non-hydrogen) atoms. The topological polar surface area (TPSA) is 104 Å². The van der Waals surface area contributed by atoms with Gasteiger partial charge in [-0.1, -0.05) is 29.8 Å². The minimum atomic E-state index is -1.44. The molecule has 1 aliphatic rings. The number of likely N-dealkylation sites (N-methyl/N-ethyl adjacent to an activating group) is 1. The van der Waals surface area contributed by atoms with Crippen LogP contribution in [0.15, 0.2) is 46.8 Å². The highest BCUT2D eigenvalue weighted by molar-refractivity contribution is 6.31. The number of halogens is 1. The lowest BCUT2D eigenvalue weighted by atomic mass is 9.79. The van der Waals surface area contributed by atoms with E-state index in [2.05, 4.69) is 0 Å². The van der Waals surface area contributed by atoms with Gasteiger partial charge in [0.1, 0.15) is 5.70 Å². The van der Waals surface area contributed by atoms with Crippen LogP contribution in [0, 0.1) is 0 Å². The van der Waals surface area contributed by atoms with Gasteiger partial charge in [-0.2, -0.15) is 0 Å². The predicted molar refractivity (Wildman–Crippen MR) is 103 cm³/mol. The molecule has 0 aliphatic carbocycles. The van der Waals surface area contributed by atoms with Crippen molar-refractivity contribution in [3.63, 3.8) is 0 Å². The van der Waals surface area contributed by atoms with Gasteiger partial charge < -0.3 is 19.8 Å². The lowest BCUT2D eigenvalue weighted by Crippen LogP contribution is -2.38. The maximum absolute atomic E-state index is 12.9. The van der Waals surface area contributed by atoms with E-state index in [0.29, 0.717) is 11.3 Å². The maximum Gasteiger partial charge on any atom is 0.353 e. The van der Waals surface area contributed by atoms with Gasteiger partial charge in [-0.15, -0.1) is 0 Å². The number of carbonyl (C=O) groups excluding carboxylic acids is 1. The average molecular weight is 408 g/mol. The van der Waals surface area contributed by atoms with Crippen LogP contribution in [0.5, 0.6) is 0 Å². The molecule has 7 nitrogen and oxygen atoms in total. The third-order valence-electron chi connectivity index (χ3n) is 4.43. The molecule has 1 aromatic carbocycles. The Bertz CT molecular complexity index is 886. The van der Waals surface area contributed by atoms with E-state index in [0.717, 1.165) is 0 Å². The number of esters is 1. The zero-order valence-electron chi connectivity index (χ0n) is 16.0. The van der Waals surface area contributed by atoms with Crippen LogP contribution in [0.3, 0.4) is 0 Å². The quantitative estimate of drug-likeness (QED) is 0.696. The van der Waals surface area contributed by atoms with E-state index in [1.54, 1.807) is 52.0 Å². The first kappa shape index (κ1) is 21.5. The minimum Gasteiger partial charge on any atom is -0.478 e. The summed E-state index contributed by atoms with van der Waals surface area (Å²) in [7, 11) is 0. The zero-order chi connectivity index (χ0) is 21.2. The second-order valence-electron chi connectivity index (χ2n) is 6.52. The lowest BCUT2D eigenvalue weighted by molar-refractivity contribution is -0.143. The van der Waals surface area contributed by atoms with Crippen molar-refractivity contribution < 1.29 is 29.3 Å². The Kier molecular flexibility index (Phi) is 6.51.